The first kappa shape index (κ1) is 9.32. The van der Waals surface area contributed by atoms with Crippen molar-refractivity contribution in [3.63, 3.8) is 0 Å². The summed E-state index contributed by atoms with van der Waals surface area (Å²) < 4.78 is 5.22. The molecule has 66 valence electrons. The van der Waals surface area contributed by atoms with Gasteiger partial charge in [0.2, 0.25) is 0 Å². The van der Waals surface area contributed by atoms with Crippen molar-refractivity contribution in [3.8, 4) is 5.75 Å². The topological polar surface area (TPSA) is 41.5 Å². The highest BCUT2D eigenvalue weighted by atomic mass is 35.5. The van der Waals surface area contributed by atoms with Gasteiger partial charge in [-0.1, -0.05) is 11.6 Å². The predicted molar refractivity (Wildman–Crippen MR) is 46.7 cm³/mol. The van der Waals surface area contributed by atoms with Crippen molar-refractivity contribution in [1.82, 2.24) is 5.48 Å². The summed E-state index contributed by atoms with van der Waals surface area (Å²) in [6.07, 6.45) is 0. The maximum absolute atomic E-state index is 8.24. The Bertz CT molecular complexity index is 225. The van der Waals surface area contributed by atoms with Crippen LogP contribution < -0.4 is 10.2 Å². The molecule has 3 nitrogen and oxygen atoms in total. The number of benzene rings is 1. The lowest BCUT2D eigenvalue weighted by Crippen LogP contribution is -2.16. The van der Waals surface area contributed by atoms with Crippen LogP contribution in [0.15, 0.2) is 24.3 Å². The van der Waals surface area contributed by atoms with Gasteiger partial charge in [0.15, 0.2) is 0 Å². The van der Waals surface area contributed by atoms with Crippen molar-refractivity contribution >= 4 is 11.6 Å². The summed E-state index contributed by atoms with van der Waals surface area (Å²) in [5, 5.41) is 8.92. The lowest BCUT2D eigenvalue weighted by Gasteiger charge is -2.04. The fourth-order valence-corrected chi connectivity index (χ4v) is 0.871. The van der Waals surface area contributed by atoms with Crippen LogP contribution in [0.1, 0.15) is 0 Å². The molecule has 0 bridgehead atoms. The zero-order chi connectivity index (χ0) is 8.81. The van der Waals surface area contributed by atoms with E-state index in [0.717, 1.165) is 5.75 Å². The average Bonchev–Trinajstić information content (AvgIpc) is 2.09. The Morgan fingerprint density at radius 2 is 2.00 bits per heavy atom. The number of hydroxylamine groups is 1. The van der Waals surface area contributed by atoms with Gasteiger partial charge in [0, 0.05) is 5.02 Å². The maximum atomic E-state index is 8.24. The van der Waals surface area contributed by atoms with Crippen LogP contribution in [0.5, 0.6) is 5.75 Å². The van der Waals surface area contributed by atoms with E-state index in [-0.39, 0.29) is 0 Å². The van der Waals surface area contributed by atoms with Gasteiger partial charge in [-0.3, -0.25) is 0 Å². The minimum Gasteiger partial charge on any atom is -0.492 e. The SMILES string of the molecule is ONCCOc1ccc(Cl)cc1. The summed E-state index contributed by atoms with van der Waals surface area (Å²) in [4.78, 5) is 0. The number of rotatable bonds is 4. The van der Waals surface area contributed by atoms with Gasteiger partial charge in [-0.2, -0.15) is 0 Å². The number of hydrogen-bond donors (Lipinski definition) is 2. The van der Waals surface area contributed by atoms with E-state index in [0.29, 0.717) is 18.2 Å². The normalized spacial score (nSPS) is 9.83. The van der Waals surface area contributed by atoms with Crippen molar-refractivity contribution in [2.24, 2.45) is 0 Å². The Balaban J connectivity index is 2.37. The molecule has 1 aromatic rings. The lowest BCUT2D eigenvalue weighted by molar-refractivity contribution is 0.145. The van der Waals surface area contributed by atoms with Crippen LogP contribution in [-0.2, 0) is 0 Å². The fraction of sp³-hybridized carbons (Fsp3) is 0.250. The molecule has 0 aromatic heterocycles. The van der Waals surface area contributed by atoms with E-state index >= 15 is 0 Å². The molecule has 0 aliphatic carbocycles. The third-order valence-corrected chi connectivity index (χ3v) is 1.55. The molecule has 0 spiro atoms. The molecule has 0 heterocycles. The van der Waals surface area contributed by atoms with Gasteiger partial charge < -0.3 is 9.94 Å². The largest absolute Gasteiger partial charge is 0.492 e. The van der Waals surface area contributed by atoms with Crippen molar-refractivity contribution in [2.45, 2.75) is 0 Å². The standard InChI is InChI=1S/C8H10ClNO2/c9-7-1-3-8(4-2-7)12-6-5-10-11/h1-4,10-11H,5-6H2. The van der Waals surface area contributed by atoms with E-state index in [4.69, 9.17) is 21.5 Å². The van der Waals surface area contributed by atoms with Crippen LogP contribution in [-0.4, -0.2) is 18.4 Å². The average molecular weight is 188 g/mol. The van der Waals surface area contributed by atoms with Crippen LogP contribution in [0.3, 0.4) is 0 Å². The fourth-order valence-electron chi connectivity index (χ4n) is 0.745. The monoisotopic (exact) mass is 187 g/mol. The molecule has 1 aromatic carbocycles. The van der Waals surface area contributed by atoms with Crippen molar-refractivity contribution in [3.05, 3.63) is 29.3 Å². The quantitative estimate of drug-likeness (QED) is 0.557. The van der Waals surface area contributed by atoms with Gasteiger partial charge in [0.1, 0.15) is 12.4 Å². The first-order valence-electron chi connectivity index (χ1n) is 3.58. The van der Waals surface area contributed by atoms with E-state index in [1.165, 1.54) is 0 Å². The molecular formula is C8H10ClNO2. The number of halogens is 1. The summed E-state index contributed by atoms with van der Waals surface area (Å²) >= 11 is 5.67. The van der Waals surface area contributed by atoms with Gasteiger partial charge in [0.05, 0.1) is 6.54 Å². The molecule has 4 heteroatoms. The first-order valence-corrected chi connectivity index (χ1v) is 3.96. The van der Waals surface area contributed by atoms with Crippen molar-refractivity contribution in [2.75, 3.05) is 13.2 Å². The Labute approximate surface area is 75.9 Å². The van der Waals surface area contributed by atoms with Crippen LogP contribution >= 0.6 is 11.6 Å². The zero-order valence-corrected chi connectivity index (χ0v) is 7.21. The summed E-state index contributed by atoms with van der Waals surface area (Å²) in [6, 6.07) is 7.06. The lowest BCUT2D eigenvalue weighted by atomic mass is 10.3. The third-order valence-electron chi connectivity index (χ3n) is 1.30. The Morgan fingerprint density at radius 3 is 2.58 bits per heavy atom. The summed E-state index contributed by atoms with van der Waals surface area (Å²) in [7, 11) is 0. The highest BCUT2D eigenvalue weighted by Crippen LogP contribution is 2.14. The second-order valence-corrected chi connectivity index (χ2v) is 2.65. The van der Waals surface area contributed by atoms with Crippen LogP contribution in [0.4, 0.5) is 0 Å². The van der Waals surface area contributed by atoms with E-state index in [9.17, 15) is 0 Å². The van der Waals surface area contributed by atoms with Gasteiger partial charge in [0.25, 0.3) is 0 Å². The Kier molecular flexibility index (Phi) is 3.87. The highest BCUT2D eigenvalue weighted by molar-refractivity contribution is 6.30. The van der Waals surface area contributed by atoms with Crippen molar-refractivity contribution in [1.29, 1.82) is 0 Å². The molecule has 2 N–H and O–H groups in total. The van der Waals surface area contributed by atoms with Gasteiger partial charge in [-0.05, 0) is 24.3 Å². The smallest absolute Gasteiger partial charge is 0.119 e. The second-order valence-electron chi connectivity index (χ2n) is 2.21. The molecule has 0 saturated heterocycles. The second kappa shape index (κ2) is 4.98. The van der Waals surface area contributed by atoms with E-state index in [1.807, 2.05) is 5.48 Å². The molecule has 0 aliphatic rings. The van der Waals surface area contributed by atoms with E-state index in [1.54, 1.807) is 24.3 Å². The Morgan fingerprint density at radius 1 is 1.33 bits per heavy atom. The number of ether oxygens (including phenoxy) is 1. The number of hydrogen-bond acceptors (Lipinski definition) is 3. The maximum Gasteiger partial charge on any atom is 0.119 e. The minimum atomic E-state index is 0.405. The molecule has 0 saturated carbocycles. The van der Waals surface area contributed by atoms with Crippen molar-refractivity contribution < 1.29 is 9.94 Å². The summed E-state index contributed by atoms with van der Waals surface area (Å²) in [5.41, 5.74) is 2.00. The van der Waals surface area contributed by atoms with Gasteiger partial charge in [-0.25, -0.2) is 5.48 Å². The van der Waals surface area contributed by atoms with Gasteiger partial charge in [-0.15, -0.1) is 0 Å². The van der Waals surface area contributed by atoms with E-state index in [2.05, 4.69) is 0 Å². The minimum absolute atomic E-state index is 0.405. The third kappa shape index (κ3) is 3.09. The molecule has 0 radical (unpaired) electrons. The predicted octanol–water partition coefficient (Wildman–Crippen LogP) is 1.70. The molecule has 0 aliphatic heterocycles. The first-order chi connectivity index (χ1) is 5.83. The molecule has 0 atom stereocenters. The molecular weight excluding hydrogens is 178 g/mol. The van der Waals surface area contributed by atoms with Gasteiger partial charge >= 0.3 is 0 Å². The Hall–Kier alpha value is -0.770. The van der Waals surface area contributed by atoms with Crippen LogP contribution in [0.2, 0.25) is 5.02 Å². The molecule has 0 fully saturated rings. The van der Waals surface area contributed by atoms with E-state index < -0.39 is 0 Å². The molecule has 12 heavy (non-hydrogen) atoms. The van der Waals surface area contributed by atoms with Crippen LogP contribution in [0, 0.1) is 0 Å². The van der Waals surface area contributed by atoms with Crippen LogP contribution in [0.25, 0.3) is 0 Å². The zero-order valence-electron chi connectivity index (χ0n) is 6.46. The summed E-state index contributed by atoms with van der Waals surface area (Å²) in [5.74, 6) is 0.745. The number of nitrogens with one attached hydrogen (secondary N) is 1. The molecule has 1 rings (SSSR count). The molecule has 0 amide bonds. The molecule has 0 unspecified atom stereocenters. The summed E-state index contributed by atoms with van der Waals surface area (Å²) in [6.45, 7) is 0.834. The highest BCUT2D eigenvalue weighted by Gasteiger charge is 1.91.